The van der Waals surface area contributed by atoms with Gasteiger partial charge in [0, 0.05) is 11.8 Å². The van der Waals surface area contributed by atoms with Gasteiger partial charge in [0.25, 0.3) is 0 Å². The van der Waals surface area contributed by atoms with E-state index in [0.717, 1.165) is 0 Å². The smallest absolute Gasteiger partial charge is 0.122 e. The second kappa shape index (κ2) is 8.34. The van der Waals surface area contributed by atoms with Gasteiger partial charge in [0.05, 0.1) is 0 Å². The normalized spacial score (nSPS) is 11.4. The molecule has 0 amide bonds. The summed E-state index contributed by atoms with van der Waals surface area (Å²) in [4.78, 5) is 19.6. The van der Waals surface area contributed by atoms with Gasteiger partial charge < -0.3 is 9.59 Å². The summed E-state index contributed by atoms with van der Waals surface area (Å²) in [5.74, 6) is -0.241. The molecule has 0 atom stereocenters. The molecular weight excluding hydrogens is 128 g/mol. The quantitative estimate of drug-likeness (QED) is 0.555. The van der Waals surface area contributed by atoms with E-state index in [2.05, 4.69) is 0 Å². The Morgan fingerprint density at radius 2 is 1.10 bits per heavy atom. The molecule has 0 rings (SSSR count). The predicted molar refractivity (Wildman–Crippen MR) is 41.8 cm³/mol. The Morgan fingerprint density at radius 3 is 1.10 bits per heavy atom. The summed E-state index contributed by atoms with van der Waals surface area (Å²) >= 11 is 0. The Balaban J connectivity index is 0. The molecule has 0 aliphatic heterocycles. The van der Waals surface area contributed by atoms with Crippen LogP contribution in [0.15, 0.2) is 0 Å². The first-order chi connectivity index (χ1) is 5.29. The highest BCUT2D eigenvalue weighted by molar-refractivity contribution is 5.52. The van der Waals surface area contributed by atoms with E-state index < -0.39 is 12.5 Å². The van der Waals surface area contributed by atoms with E-state index >= 15 is 0 Å². The monoisotopic (exact) mass is 146 g/mol. The van der Waals surface area contributed by atoms with Gasteiger partial charge in [-0.25, -0.2) is 0 Å². The highest BCUT2D eigenvalue weighted by Gasteiger charge is 1.80. The average Bonchev–Trinajstić information content (AvgIpc) is 1.88. The first-order valence-electron chi connectivity index (χ1n) is 4.29. The molecular formula is C8H16O2. The lowest BCUT2D eigenvalue weighted by Crippen LogP contribution is -1.82. The maximum Gasteiger partial charge on any atom is 0.122 e. The van der Waals surface area contributed by atoms with Crippen molar-refractivity contribution in [2.75, 3.05) is 0 Å². The number of hydrogen-bond acceptors (Lipinski definition) is 2. The van der Waals surface area contributed by atoms with Crippen LogP contribution in [0.2, 0.25) is 0 Å². The van der Waals surface area contributed by atoms with Gasteiger partial charge in [-0.2, -0.15) is 0 Å². The van der Waals surface area contributed by atoms with Crippen molar-refractivity contribution in [1.29, 1.82) is 0 Å². The van der Waals surface area contributed by atoms with Crippen LogP contribution in [0.4, 0.5) is 0 Å². The zero-order chi connectivity index (χ0) is 10.3. The van der Waals surface area contributed by atoms with Crippen molar-refractivity contribution in [1.82, 2.24) is 0 Å². The standard InChI is InChI=1S/2C4H8O/c2*1-4(2)3-5/h2*3-4H,1-2H3/i2*3D. The van der Waals surface area contributed by atoms with Crippen LogP contribution in [0.3, 0.4) is 0 Å². The molecule has 0 saturated heterocycles. The van der Waals surface area contributed by atoms with Gasteiger partial charge >= 0.3 is 0 Å². The SMILES string of the molecule is [2H]C(=O)C(C)C.[2H]C(=O)C(C)C. The van der Waals surface area contributed by atoms with Gasteiger partial charge in [0.15, 0.2) is 0 Å². The zero-order valence-electron chi connectivity index (χ0n) is 8.97. The minimum absolute atomic E-state index is 0.120. The molecule has 0 aromatic rings. The maximum absolute atomic E-state index is 9.81. The molecule has 0 aromatic heterocycles. The first kappa shape index (κ1) is 7.45. The van der Waals surface area contributed by atoms with E-state index in [1.54, 1.807) is 27.7 Å². The van der Waals surface area contributed by atoms with E-state index in [4.69, 9.17) is 2.74 Å². The molecule has 0 radical (unpaired) electrons. The number of carbonyl (C=O) groups excluding carboxylic acids is 2. The van der Waals surface area contributed by atoms with Crippen molar-refractivity contribution in [2.45, 2.75) is 27.7 Å². The minimum atomic E-state index is -0.491. The number of aldehydes is 2. The molecule has 0 saturated carbocycles. The summed E-state index contributed by atoms with van der Waals surface area (Å²) < 4.78 is 12.8. The lowest BCUT2D eigenvalue weighted by molar-refractivity contribution is -0.110. The molecule has 0 heterocycles. The molecule has 0 bridgehead atoms. The third-order valence-electron chi connectivity index (χ3n) is 0.471. The summed E-state index contributed by atoms with van der Waals surface area (Å²) in [5, 5.41) is 0. The fraction of sp³-hybridized carbons (Fsp3) is 0.750. The van der Waals surface area contributed by atoms with Crippen LogP contribution in [0.5, 0.6) is 0 Å². The number of hydrogen-bond donors (Lipinski definition) is 0. The van der Waals surface area contributed by atoms with Crippen molar-refractivity contribution < 1.29 is 12.3 Å². The molecule has 0 aromatic carbocycles. The van der Waals surface area contributed by atoms with Gasteiger partial charge in [-0.05, 0) is 0 Å². The van der Waals surface area contributed by atoms with E-state index in [-0.39, 0.29) is 11.8 Å². The highest BCUT2D eigenvalue weighted by atomic mass is 16.1. The van der Waals surface area contributed by atoms with E-state index in [1.807, 2.05) is 0 Å². The van der Waals surface area contributed by atoms with Gasteiger partial charge in [0.2, 0.25) is 0 Å². The Bertz CT molecular complexity index is 135. The van der Waals surface area contributed by atoms with Crippen molar-refractivity contribution in [3.8, 4) is 0 Å². The Kier molecular flexibility index (Phi) is 6.21. The number of rotatable bonds is 2. The van der Waals surface area contributed by atoms with Crippen LogP contribution < -0.4 is 0 Å². The average molecular weight is 146 g/mol. The fourth-order valence-corrected chi connectivity index (χ4v) is 0. The summed E-state index contributed by atoms with van der Waals surface area (Å²) in [6, 6.07) is 0. The van der Waals surface area contributed by atoms with E-state index in [9.17, 15) is 9.59 Å². The van der Waals surface area contributed by atoms with Crippen LogP contribution in [-0.2, 0) is 9.59 Å². The largest absolute Gasteiger partial charge is 0.303 e. The molecule has 0 aliphatic rings. The third kappa shape index (κ3) is 26.4. The fourth-order valence-electron chi connectivity index (χ4n) is 0. The Morgan fingerprint density at radius 1 is 1.00 bits per heavy atom. The molecule has 0 fully saturated rings. The van der Waals surface area contributed by atoms with Crippen molar-refractivity contribution >= 4 is 12.5 Å². The molecule has 2 nitrogen and oxygen atoms in total. The van der Waals surface area contributed by atoms with Crippen LogP contribution in [-0.4, -0.2) is 12.5 Å². The van der Waals surface area contributed by atoms with Crippen molar-refractivity contribution in [2.24, 2.45) is 11.8 Å². The van der Waals surface area contributed by atoms with Crippen molar-refractivity contribution in [3.05, 3.63) is 0 Å². The number of carbonyl (C=O) groups is 2. The van der Waals surface area contributed by atoms with Crippen molar-refractivity contribution in [3.63, 3.8) is 0 Å². The molecule has 0 aliphatic carbocycles. The van der Waals surface area contributed by atoms with Crippen LogP contribution in [0, 0.1) is 11.8 Å². The van der Waals surface area contributed by atoms with Gasteiger partial charge in [-0.3, -0.25) is 0 Å². The second-order valence-electron chi connectivity index (χ2n) is 2.55. The van der Waals surface area contributed by atoms with E-state index in [0.29, 0.717) is 0 Å². The van der Waals surface area contributed by atoms with Crippen LogP contribution in [0.1, 0.15) is 30.4 Å². The Hall–Kier alpha value is -0.660. The van der Waals surface area contributed by atoms with Gasteiger partial charge in [-0.15, -0.1) is 0 Å². The van der Waals surface area contributed by atoms with Gasteiger partial charge in [0.1, 0.15) is 15.3 Å². The topological polar surface area (TPSA) is 34.1 Å². The molecule has 60 valence electrons. The van der Waals surface area contributed by atoms with Crippen LogP contribution >= 0.6 is 0 Å². The summed E-state index contributed by atoms with van der Waals surface area (Å²) in [6.07, 6.45) is -0.981. The minimum Gasteiger partial charge on any atom is -0.303 e. The Labute approximate surface area is 65.4 Å². The molecule has 0 N–H and O–H groups in total. The molecule has 2 heteroatoms. The second-order valence-corrected chi connectivity index (χ2v) is 2.55. The summed E-state index contributed by atoms with van der Waals surface area (Å²) in [6.45, 7) is 6.81. The van der Waals surface area contributed by atoms with E-state index in [1.165, 1.54) is 0 Å². The molecule has 10 heavy (non-hydrogen) atoms. The summed E-state index contributed by atoms with van der Waals surface area (Å²) in [7, 11) is 0. The zero-order valence-corrected chi connectivity index (χ0v) is 6.97. The van der Waals surface area contributed by atoms with Gasteiger partial charge in [-0.1, -0.05) is 27.7 Å². The summed E-state index contributed by atoms with van der Waals surface area (Å²) in [5.41, 5.74) is 0. The van der Waals surface area contributed by atoms with Crippen LogP contribution in [0.25, 0.3) is 0 Å². The molecule has 0 unspecified atom stereocenters. The lowest BCUT2D eigenvalue weighted by atomic mass is 10.3. The maximum atomic E-state index is 9.81. The first-order valence-corrected chi connectivity index (χ1v) is 3.29. The molecule has 0 spiro atoms. The highest BCUT2D eigenvalue weighted by Crippen LogP contribution is 1.78. The predicted octanol–water partition coefficient (Wildman–Crippen LogP) is 1.68. The lowest BCUT2D eigenvalue weighted by Gasteiger charge is -1.78. The third-order valence-corrected chi connectivity index (χ3v) is 0.471.